The average Bonchev–Trinajstić information content (AvgIpc) is 2.63. The Hall–Kier alpha value is -1.69. The molecule has 0 N–H and O–H groups in total. The van der Waals surface area contributed by atoms with Crippen LogP contribution in [0.2, 0.25) is 0 Å². The smallest absolute Gasteiger partial charge is 0.0922 e. The molecule has 0 saturated heterocycles. The van der Waals surface area contributed by atoms with Crippen LogP contribution in [0.25, 0.3) is 0 Å². The van der Waals surface area contributed by atoms with Gasteiger partial charge in [-0.05, 0) is 25.2 Å². The summed E-state index contributed by atoms with van der Waals surface area (Å²) < 4.78 is 6.35. The molecule has 0 aromatic heterocycles. The van der Waals surface area contributed by atoms with Crippen LogP contribution in [0.1, 0.15) is 26.2 Å². The summed E-state index contributed by atoms with van der Waals surface area (Å²) in [5, 5.41) is 2.53. The quantitative estimate of drug-likeness (QED) is 0.528. The van der Waals surface area contributed by atoms with Crippen molar-refractivity contribution in [3.8, 4) is 0 Å². The second kappa shape index (κ2) is 8.42. The Morgan fingerprint density at radius 2 is 1.58 bits per heavy atom. The highest BCUT2D eigenvalue weighted by molar-refractivity contribution is 7.68. The maximum Gasteiger partial charge on any atom is 0.0922 e. The molecular formula is C22H25OP. The molecule has 0 heterocycles. The predicted octanol–water partition coefficient (Wildman–Crippen LogP) is 5.35. The molecule has 1 nitrogen and oxygen atoms in total. The summed E-state index contributed by atoms with van der Waals surface area (Å²) in [5.41, 5.74) is 2.91. The van der Waals surface area contributed by atoms with E-state index in [1.54, 1.807) is 0 Å². The summed E-state index contributed by atoms with van der Waals surface area (Å²) >= 11 is 0. The van der Waals surface area contributed by atoms with Gasteiger partial charge in [-0.2, -0.15) is 0 Å². The van der Waals surface area contributed by atoms with E-state index >= 15 is 0 Å². The first-order chi connectivity index (χ1) is 11.7. The lowest BCUT2D eigenvalue weighted by atomic mass is 9.83. The first-order valence-electron chi connectivity index (χ1n) is 8.63. The third-order valence-corrected chi connectivity index (χ3v) is 6.53. The number of hydrogen-bond donors (Lipinski definition) is 0. The van der Waals surface area contributed by atoms with Gasteiger partial charge in [-0.15, -0.1) is 0 Å². The van der Waals surface area contributed by atoms with E-state index < -0.39 is 8.15 Å². The van der Waals surface area contributed by atoms with Gasteiger partial charge in [-0.3, -0.25) is 0 Å². The summed E-state index contributed by atoms with van der Waals surface area (Å²) in [4.78, 5) is 0. The van der Waals surface area contributed by atoms with Gasteiger partial charge in [0.15, 0.2) is 0 Å². The summed E-state index contributed by atoms with van der Waals surface area (Å²) in [5.74, 6) is 0.606. The first kappa shape index (κ1) is 17.1. The van der Waals surface area contributed by atoms with Crippen molar-refractivity contribution in [1.82, 2.24) is 0 Å². The van der Waals surface area contributed by atoms with Crippen LogP contribution in [-0.2, 0) is 4.52 Å². The summed E-state index contributed by atoms with van der Waals surface area (Å²) in [6.07, 6.45) is 5.70. The maximum atomic E-state index is 6.35. The fourth-order valence-electron chi connectivity index (χ4n) is 3.05. The SMILES string of the molecule is C=C1CC/C(=C/COP(c2ccccc2)c2ccccc2)C[C@H]1C. The van der Waals surface area contributed by atoms with E-state index in [0.717, 1.165) is 19.3 Å². The Kier molecular flexibility index (Phi) is 6.01. The van der Waals surface area contributed by atoms with E-state index in [4.69, 9.17) is 4.52 Å². The number of benzene rings is 2. The van der Waals surface area contributed by atoms with Crippen LogP contribution >= 0.6 is 8.15 Å². The van der Waals surface area contributed by atoms with Crippen molar-refractivity contribution in [1.29, 1.82) is 0 Å². The van der Waals surface area contributed by atoms with Gasteiger partial charge in [0, 0.05) is 10.6 Å². The highest BCUT2D eigenvalue weighted by atomic mass is 31.1. The van der Waals surface area contributed by atoms with Crippen LogP contribution in [-0.4, -0.2) is 6.61 Å². The minimum Gasteiger partial charge on any atom is -0.346 e. The Balaban J connectivity index is 1.70. The molecule has 3 rings (SSSR count). The van der Waals surface area contributed by atoms with Gasteiger partial charge in [0.25, 0.3) is 0 Å². The van der Waals surface area contributed by atoms with E-state index in [9.17, 15) is 0 Å². The van der Waals surface area contributed by atoms with Crippen molar-refractivity contribution in [2.24, 2.45) is 5.92 Å². The fourth-order valence-corrected chi connectivity index (χ4v) is 4.75. The second-order valence-electron chi connectivity index (χ2n) is 6.39. The second-order valence-corrected chi connectivity index (χ2v) is 8.27. The van der Waals surface area contributed by atoms with Gasteiger partial charge < -0.3 is 4.52 Å². The van der Waals surface area contributed by atoms with E-state index in [1.807, 2.05) is 0 Å². The lowest BCUT2D eigenvalue weighted by Crippen LogP contribution is -2.14. The van der Waals surface area contributed by atoms with E-state index in [1.165, 1.54) is 21.8 Å². The fraction of sp³-hybridized carbons (Fsp3) is 0.273. The molecule has 1 atom stereocenters. The third-order valence-electron chi connectivity index (χ3n) is 4.59. The lowest BCUT2D eigenvalue weighted by molar-refractivity contribution is 0.410. The number of rotatable bonds is 5. The molecular weight excluding hydrogens is 311 g/mol. The van der Waals surface area contributed by atoms with Gasteiger partial charge in [0.05, 0.1) is 14.8 Å². The molecule has 0 bridgehead atoms. The highest BCUT2D eigenvalue weighted by Crippen LogP contribution is 2.36. The molecule has 0 spiro atoms. The summed E-state index contributed by atoms with van der Waals surface area (Å²) in [7, 11) is -0.760. The Labute approximate surface area is 146 Å². The van der Waals surface area contributed by atoms with Gasteiger partial charge in [0.2, 0.25) is 0 Å². The molecule has 24 heavy (non-hydrogen) atoms. The van der Waals surface area contributed by atoms with Gasteiger partial charge in [-0.1, -0.05) is 91.4 Å². The molecule has 0 unspecified atom stereocenters. The molecule has 2 aromatic carbocycles. The van der Waals surface area contributed by atoms with E-state index in [-0.39, 0.29) is 0 Å². The van der Waals surface area contributed by atoms with E-state index in [2.05, 4.69) is 80.2 Å². The zero-order valence-corrected chi connectivity index (χ0v) is 15.2. The Morgan fingerprint density at radius 3 is 2.12 bits per heavy atom. The summed E-state index contributed by atoms with van der Waals surface area (Å²) in [6, 6.07) is 21.1. The predicted molar refractivity (Wildman–Crippen MR) is 105 cm³/mol. The largest absolute Gasteiger partial charge is 0.346 e. The molecule has 1 fully saturated rings. The molecule has 1 saturated carbocycles. The molecule has 2 aromatic rings. The van der Waals surface area contributed by atoms with E-state index in [0.29, 0.717) is 12.5 Å². The molecule has 1 aliphatic carbocycles. The molecule has 2 heteroatoms. The van der Waals surface area contributed by atoms with Gasteiger partial charge in [-0.25, -0.2) is 0 Å². The van der Waals surface area contributed by atoms with Gasteiger partial charge >= 0.3 is 0 Å². The van der Waals surface area contributed by atoms with Crippen LogP contribution in [0.4, 0.5) is 0 Å². The zero-order chi connectivity index (χ0) is 16.8. The van der Waals surface area contributed by atoms with Crippen molar-refractivity contribution >= 4 is 18.8 Å². The molecule has 0 amide bonds. The highest BCUT2D eigenvalue weighted by Gasteiger charge is 2.17. The number of hydrogen-bond acceptors (Lipinski definition) is 1. The van der Waals surface area contributed by atoms with Crippen molar-refractivity contribution in [3.05, 3.63) is 84.5 Å². The number of allylic oxidation sites excluding steroid dienone is 2. The van der Waals surface area contributed by atoms with Crippen LogP contribution in [0.3, 0.4) is 0 Å². The van der Waals surface area contributed by atoms with Crippen molar-refractivity contribution in [3.63, 3.8) is 0 Å². The Bertz CT molecular complexity index is 651. The molecule has 0 aliphatic heterocycles. The van der Waals surface area contributed by atoms with Crippen molar-refractivity contribution in [2.75, 3.05) is 6.61 Å². The summed E-state index contributed by atoms with van der Waals surface area (Å²) in [6.45, 7) is 7.12. The third kappa shape index (κ3) is 4.44. The van der Waals surface area contributed by atoms with Crippen molar-refractivity contribution in [2.45, 2.75) is 26.2 Å². The van der Waals surface area contributed by atoms with Gasteiger partial charge in [0.1, 0.15) is 0 Å². The first-order valence-corrected chi connectivity index (χ1v) is 9.88. The van der Waals surface area contributed by atoms with Crippen LogP contribution in [0.15, 0.2) is 84.5 Å². The molecule has 1 aliphatic rings. The standard InChI is InChI=1S/C22H25OP/c1-18-13-14-20(17-19(18)2)15-16-23-24(21-9-5-3-6-10-21)22-11-7-4-8-12-22/h3-12,15,19H,1,13-14,16-17H2,2H3/b20-15-/t19-/m1/s1. The molecule has 0 radical (unpaired) electrons. The van der Waals surface area contributed by atoms with Crippen molar-refractivity contribution < 1.29 is 4.52 Å². The normalized spacial score (nSPS) is 19.8. The Morgan fingerprint density at radius 1 is 1.00 bits per heavy atom. The zero-order valence-electron chi connectivity index (χ0n) is 14.3. The van der Waals surface area contributed by atoms with Crippen LogP contribution < -0.4 is 10.6 Å². The van der Waals surface area contributed by atoms with Crippen LogP contribution in [0.5, 0.6) is 0 Å². The minimum atomic E-state index is -0.760. The molecule has 124 valence electrons. The topological polar surface area (TPSA) is 9.23 Å². The van der Waals surface area contributed by atoms with Crippen LogP contribution in [0, 0.1) is 5.92 Å². The average molecular weight is 336 g/mol. The monoisotopic (exact) mass is 336 g/mol. The maximum absolute atomic E-state index is 6.35. The minimum absolute atomic E-state index is 0.606. The lowest BCUT2D eigenvalue weighted by Gasteiger charge is -2.24.